The monoisotopic (exact) mass is 322 g/mol. The lowest BCUT2D eigenvalue weighted by atomic mass is 10.1. The molecule has 0 aliphatic heterocycles. The Morgan fingerprint density at radius 1 is 1.48 bits per heavy atom. The number of thiophene rings is 1. The Hall–Kier alpha value is -1.52. The fraction of sp³-hybridized carbons (Fsp3) is 0.312. The number of nitrogens with two attached hydrogens (primary N) is 1. The van der Waals surface area contributed by atoms with Crippen molar-refractivity contribution in [1.29, 1.82) is 0 Å². The van der Waals surface area contributed by atoms with E-state index in [0.29, 0.717) is 22.1 Å². The van der Waals surface area contributed by atoms with Crippen LogP contribution in [-0.4, -0.2) is 22.9 Å². The summed E-state index contributed by atoms with van der Waals surface area (Å²) in [7, 11) is 0. The van der Waals surface area contributed by atoms with Gasteiger partial charge in [-0.25, -0.2) is 0 Å². The zero-order chi connectivity index (χ0) is 15.8. The lowest BCUT2D eigenvalue weighted by Gasteiger charge is -2.34. The third kappa shape index (κ3) is 2.92. The second kappa shape index (κ2) is 5.70. The maximum absolute atomic E-state index is 12.8. The molecule has 0 saturated carbocycles. The van der Waals surface area contributed by atoms with E-state index in [4.69, 9.17) is 17.3 Å². The van der Waals surface area contributed by atoms with Crippen LogP contribution in [0.5, 0.6) is 0 Å². The van der Waals surface area contributed by atoms with Crippen molar-refractivity contribution in [2.75, 3.05) is 12.3 Å². The molecule has 0 aliphatic rings. The van der Waals surface area contributed by atoms with Gasteiger partial charge >= 0.3 is 0 Å². The fourth-order valence-electron chi connectivity index (χ4n) is 2.20. The minimum atomic E-state index is -0.308. The largest absolute Gasteiger partial charge is 0.397 e. The smallest absolute Gasteiger partial charge is 0.266 e. The second-order valence-corrected chi connectivity index (χ2v) is 7.29. The van der Waals surface area contributed by atoms with Gasteiger partial charge in [-0.15, -0.1) is 17.9 Å². The van der Waals surface area contributed by atoms with E-state index in [1.54, 1.807) is 17.0 Å². The quantitative estimate of drug-likeness (QED) is 0.842. The summed E-state index contributed by atoms with van der Waals surface area (Å²) in [5, 5.41) is 1.34. The summed E-state index contributed by atoms with van der Waals surface area (Å²) in [6.07, 6.45) is 1.72. The lowest BCUT2D eigenvalue weighted by Crippen LogP contribution is -2.45. The molecule has 3 nitrogen and oxygen atoms in total. The lowest BCUT2D eigenvalue weighted by molar-refractivity contribution is 0.0623. The molecule has 0 fully saturated rings. The molecule has 2 rings (SSSR count). The molecular weight excluding hydrogens is 304 g/mol. The number of nitrogen functional groups attached to an aromatic ring is 1. The molecule has 0 radical (unpaired) electrons. The number of rotatable bonds is 3. The van der Waals surface area contributed by atoms with E-state index in [1.165, 1.54) is 11.3 Å². The van der Waals surface area contributed by atoms with Crippen molar-refractivity contribution in [3.63, 3.8) is 0 Å². The number of anilines is 1. The maximum Gasteiger partial charge on any atom is 0.266 e. The van der Waals surface area contributed by atoms with Crippen LogP contribution in [0.2, 0.25) is 5.02 Å². The van der Waals surface area contributed by atoms with Crippen molar-refractivity contribution in [3.8, 4) is 0 Å². The number of hydrogen-bond donors (Lipinski definition) is 1. The number of fused-ring (bicyclic) bond motifs is 1. The van der Waals surface area contributed by atoms with Crippen molar-refractivity contribution >= 4 is 44.6 Å². The summed E-state index contributed by atoms with van der Waals surface area (Å²) < 4.78 is 0.927. The summed E-state index contributed by atoms with van der Waals surface area (Å²) in [5.41, 5.74) is 6.32. The average Bonchev–Trinajstić information content (AvgIpc) is 2.73. The predicted molar refractivity (Wildman–Crippen MR) is 92.2 cm³/mol. The van der Waals surface area contributed by atoms with E-state index < -0.39 is 0 Å². The van der Waals surface area contributed by atoms with E-state index in [0.717, 1.165) is 10.1 Å². The van der Waals surface area contributed by atoms with Gasteiger partial charge in [-0.1, -0.05) is 23.7 Å². The summed E-state index contributed by atoms with van der Waals surface area (Å²) in [4.78, 5) is 15.1. The van der Waals surface area contributed by atoms with Crippen LogP contribution < -0.4 is 5.73 Å². The summed E-state index contributed by atoms with van der Waals surface area (Å²) in [5.74, 6) is -0.0860. The minimum Gasteiger partial charge on any atom is -0.397 e. The van der Waals surface area contributed by atoms with Gasteiger partial charge in [0.2, 0.25) is 0 Å². The van der Waals surface area contributed by atoms with Gasteiger partial charge in [0, 0.05) is 22.2 Å². The zero-order valence-electron chi connectivity index (χ0n) is 12.4. The molecule has 1 amide bonds. The highest BCUT2D eigenvalue weighted by Crippen LogP contribution is 2.39. The molecule has 1 heterocycles. The predicted octanol–water partition coefficient (Wildman–Crippen LogP) is 4.56. The highest BCUT2D eigenvalue weighted by molar-refractivity contribution is 7.21. The maximum atomic E-state index is 12.8. The highest BCUT2D eigenvalue weighted by atomic mass is 35.5. The molecule has 0 unspecified atom stereocenters. The van der Waals surface area contributed by atoms with Gasteiger partial charge in [0.25, 0.3) is 5.91 Å². The third-order valence-electron chi connectivity index (χ3n) is 3.26. The SMILES string of the molecule is C=CCN(C(=O)c1sc2cccc(Cl)c2c1N)C(C)(C)C. The molecule has 1 aromatic heterocycles. The first-order chi connectivity index (χ1) is 9.77. The van der Waals surface area contributed by atoms with Gasteiger partial charge in [0.15, 0.2) is 0 Å². The summed E-state index contributed by atoms with van der Waals surface area (Å²) in [6.45, 7) is 10.2. The first-order valence-corrected chi connectivity index (χ1v) is 7.86. The molecule has 2 N–H and O–H groups in total. The number of carbonyl (C=O) groups excluding carboxylic acids is 1. The van der Waals surface area contributed by atoms with E-state index in [-0.39, 0.29) is 11.4 Å². The summed E-state index contributed by atoms with van der Waals surface area (Å²) >= 11 is 7.58. The normalized spacial score (nSPS) is 11.6. The van der Waals surface area contributed by atoms with Crippen molar-refractivity contribution in [1.82, 2.24) is 4.90 Å². The van der Waals surface area contributed by atoms with Crippen molar-refractivity contribution in [3.05, 3.63) is 40.8 Å². The van der Waals surface area contributed by atoms with E-state index in [9.17, 15) is 4.79 Å². The van der Waals surface area contributed by atoms with Crippen molar-refractivity contribution < 1.29 is 4.79 Å². The molecule has 0 bridgehead atoms. The van der Waals surface area contributed by atoms with Crippen molar-refractivity contribution in [2.24, 2.45) is 0 Å². The average molecular weight is 323 g/mol. The number of carbonyl (C=O) groups is 1. The molecule has 0 aliphatic carbocycles. The summed E-state index contributed by atoms with van der Waals surface area (Å²) in [6, 6.07) is 5.57. The van der Waals surface area contributed by atoms with Crippen molar-refractivity contribution in [2.45, 2.75) is 26.3 Å². The Kier molecular flexibility index (Phi) is 4.30. The fourth-order valence-corrected chi connectivity index (χ4v) is 3.63. The number of amides is 1. The third-order valence-corrected chi connectivity index (χ3v) is 4.74. The highest BCUT2D eigenvalue weighted by Gasteiger charge is 2.29. The van der Waals surface area contributed by atoms with Crippen LogP contribution in [0, 0.1) is 0 Å². The van der Waals surface area contributed by atoms with Crippen LogP contribution in [0.1, 0.15) is 30.4 Å². The Morgan fingerprint density at radius 2 is 2.14 bits per heavy atom. The second-order valence-electron chi connectivity index (χ2n) is 5.83. The Balaban J connectivity index is 2.55. The number of benzene rings is 1. The molecule has 5 heteroatoms. The number of nitrogens with zero attached hydrogens (tertiary/aromatic N) is 1. The van der Waals surface area contributed by atoms with E-state index in [1.807, 2.05) is 32.9 Å². The Morgan fingerprint density at radius 3 is 2.67 bits per heavy atom. The van der Waals surface area contributed by atoms with Gasteiger partial charge < -0.3 is 10.6 Å². The Labute approximate surface area is 134 Å². The molecule has 0 saturated heterocycles. The van der Waals surface area contributed by atoms with Crippen LogP contribution in [0.25, 0.3) is 10.1 Å². The zero-order valence-corrected chi connectivity index (χ0v) is 14.0. The Bertz CT molecular complexity index is 700. The van der Waals surface area contributed by atoms with Gasteiger partial charge in [-0.05, 0) is 32.9 Å². The van der Waals surface area contributed by atoms with E-state index >= 15 is 0 Å². The van der Waals surface area contributed by atoms with Crippen LogP contribution in [-0.2, 0) is 0 Å². The van der Waals surface area contributed by atoms with Crippen LogP contribution in [0.3, 0.4) is 0 Å². The molecule has 2 aromatic rings. The molecule has 0 atom stereocenters. The van der Waals surface area contributed by atoms with Crippen LogP contribution in [0.15, 0.2) is 30.9 Å². The molecule has 0 spiro atoms. The van der Waals surface area contributed by atoms with Crippen LogP contribution >= 0.6 is 22.9 Å². The number of hydrogen-bond acceptors (Lipinski definition) is 3. The van der Waals surface area contributed by atoms with Gasteiger partial charge in [-0.2, -0.15) is 0 Å². The molecule has 1 aromatic carbocycles. The number of halogens is 1. The first kappa shape index (κ1) is 15.9. The molecule has 112 valence electrons. The topological polar surface area (TPSA) is 46.3 Å². The molecule has 21 heavy (non-hydrogen) atoms. The van der Waals surface area contributed by atoms with Gasteiger partial charge in [0.1, 0.15) is 4.88 Å². The van der Waals surface area contributed by atoms with Gasteiger partial charge in [0.05, 0.1) is 10.7 Å². The van der Waals surface area contributed by atoms with Crippen LogP contribution in [0.4, 0.5) is 5.69 Å². The molecular formula is C16H19ClN2OS. The van der Waals surface area contributed by atoms with Gasteiger partial charge in [-0.3, -0.25) is 4.79 Å². The standard InChI is InChI=1S/C16H19ClN2OS/c1-5-9-19(16(2,3)4)15(20)14-13(18)12-10(17)7-6-8-11(12)21-14/h5-8H,1,9,18H2,2-4H3. The van der Waals surface area contributed by atoms with E-state index in [2.05, 4.69) is 6.58 Å². The first-order valence-electron chi connectivity index (χ1n) is 6.66. The minimum absolute atomic E-state index is 0.0860.